The van der Waals surface area contributed by atoms with Gasteiger partial charge in [-0.05, 0) is 56.7 Å². The predicted octanol–water partition coefficient (Wildman–Crippen LogP) is 4.86. The fourth-order valence-corrected chi connectivity index (χ4v) is 4.64. The molecule has 3 heterocycles. The van der Waals surface area contributed by atoms with Gasteiger partial charge in [-0.3, -0.25) is 9.59 Å². The van der Waals surface area contributed by atoms with Crippen LogP contribution in [0.4, 0.5) is 5.82 Å². The van der Waals surface area contributed by atoms with Crippen LogP contribution < -0.4 is 5.32 Å². The van der Waals surface area contributed by atoms with Gasteiger partial charge in [0.1, 0.15) is 11.5 Å². The lowest BCUT2D eigenvalue weighted by molar-refractivity contribution is 0.0851. The average molecular weight is 453 g/mol. The molecule has 4 aromatic rings. The Morgan fingerprint density at radius 2 is 1.68 bits per heavy atom. The van der Waals surface area contributed by atoms with Crippen molar-refractivity contribution in [3.63, 3.8) is 0 Å². The van der Waals surface area contributed by atoms with E-state index in [0.717, 1.165) is 42.4 Å². The smallest absolute Gasteiger partial charge is 0.258 e. The molecule has 1 aliphatic heterocycles. The first-order valence-electron chi connectivity index (χ1n) is 11.7. The van der Waals surface area contributed by atoms with Gasteiger partial charge in [0.15, 0.2) is 5.78 Å². The molecule has 2 aromatic heterocycles. The third kappa shape index (κ3) is 4.63. The minimum absolute atomic E-state index is 0.00869. The van der Waals surface area contributed by atoms with Crippen molar-refractivity contribution in [1.29, 1.82) is 0 Å². The number of piperidine rings is 1. The summed E-state index contributed by atoms with van der Waals surface area (Å²) in [6.07, 6.45) is 3.57. The number of anilines is 1. The summed E-state index contributed by atoms with van der Waals surface area (Å²) in [5.41, 5.74) is 3.16. The van der Waals surface area contributed by atoms with E-state index in [0.29, 0.717) is 23.6 Å². The maximum absolute atomic E-state index is 13.3. The molecule has 0 saturated carbocycles. The van der Waals surface area contributed by atoms with E-state index in [1.165, 1.54) is 0 Å². The molecular formula is C28H28N4O2. The van der Waals surface area contributed by atoms with E-state index in [1.807, 2.05) is 48.7 Å². The van der Waals surface area contributed by atoms with Gasteiger partial charge >= 0.3 is 0 Å². The Labute approximate surface area is 199 Å². The van der Waals surface area contributed by atoms with Gasteiger partial charge < -0.3 is 14.8 Å². The molecule has 34 heavy (non-hydrogen) atoms. The van der Waals surface area contributed by atoms with Gasteiger partial charge in [-0.1, -0.05) is 54.6 Å². The van der Waals surface area contributed by atoms with Gasteiger partial charge in [-0.2, -0.15) is 0 Å². The quantitative estimate of drug-likeness (QED) is 0.424. The number of carbonyl (C=O) groups excluding carboxylic acids is 2. The maximum atomic E-state index is 13.3. The summed E-state index contributed by atoms with van der Waals surface area (Å²) >= 11 is 0. The molecule has 1 saturated heterocycles. The number of hydrogen-bond donors (Lipinski definition) is 1. The third-order valence-corrected chi connectivity index (χ3v) is 6.56. The zero-order valence-corrected chi connectivity index (χ0v) is 19.3. The van der Waals surface area contributed by atoms with E-state index in [4.69, 9.17) is 0 Å². The van der Waals surface area contributed by atoms with Crippen LogP contribution in [-0.4, -0.2) is 46.3 Å². The molecule has 2 aromatic carbocycles. The summed E-state index contributed by atoms with van der Waals surface area (Å²) in [7, 11) is 2.08. The number of pyridine rings is 1. The fourth-order valence-electron chi connectivity index (χ4n) is 4.64. The molecule has 0 radical (unpaired) electrons. The summed E-state index contributed by atoms with van der Waals surface area (Å²) in [5.74, 6) is 0.206. The number of likely N-dealkylation sites (tertiary alicyclic amines) is 1. The first-order chi connectivity index (χ1) is 16.6. The monoisotopic (exact) mass is 452 g/mol. The van der Waals surface area contributed by atoms with Crippen molar-refractivity contribution in [3.05, 3.63) is 95.8 Å². The molecule has 1 fully saturated rings. The number of amides is 1. The lowest BCUT2D eigenvalue weighted by Crippen LogP contribution is -2.33. The van der Waals surface area contributed by atoms with Crippen LogP contribution in [0.25, 0.3) is 10.9 Å². The Bertz CT molecular complexity index is 1320. The van der Waals surface area contributed by atoms with Crippen molar-refractivity contribution < 1.29 is 9.59 Å². The van der Waals surface area contributed by atoms with Gasteiger partial charge in [-0.15, -0.1) is 0 Å². The zero-order chi connectivity index (χ0) is 23.5. The topological polar surface area (TPSA) is 67.2 Å². The standard InChI is InChI=1S/C28H28N4O2/c1-31-16-14-21(15-17-31)27(33)24-11-7-13-26(29-24)30-28(34)23-19-32(18-20-8-3-2-4-9-20)25-12-6-5-10-22(23)25/h2-13,19,21H,14-18H2,1H3,(H,29,30,34). The van der Waals surface area contributed by atoms with Crippen molar-refractivity contribution in [3.8, 4) is 0 Å². The lowest BCUT2D eigenvalue weighted by atomic mass is 9.91. The van der Waals surface area contributed by atoms with Crippen LogP contribution in [0.5, 0.6) is 0 Å². The second kappa shape index (κ2) is 9.61. The van der Waals surface area contributed by atoms with Gasteiger partial charge in [0.25, 0.3) is 5.91 Å². The molecule has 0 spiro atoms. The number of nitrogens with one attached hydrogen (secondary N) is 1. The van der Waals surface area contributed by atoms with Crippen LogP contribution in [0.1, 0.15) is 39.3 Å². The highest BCUT2D eigenvalue weighted by molar-refractivity contribution is 6.12. The Balaban J connectivity index is 1.37. The Morgan fingerprint density at radius 1 is 0.941 bits per heavy atom. The zero-order valence-electron chi connectivity index (χ0n) is 19.3. The highest BCUT2D eigenvalue weighted by Crippen LogP contribution is 2.24. The predicted molar refractivity (Wildman–Crippen MR) is 134 cm³/mol. The third-order valence-electron chi connectivity index (χ3n) is 6.56. The second-order valence-electron chi connectivity index (χ2n) is 8.98. The number of aromatic nitrogens is 2. The van der Waals surface area contributed by atoms with Crippen molar-refractivity contribution in [1.82, 2.24) is 14.5 Å². The van der Waals surface area contributed by atoms with Crippen LogP contribution in [0, 0.1) is 5.92 Å². The SMILES string of the molecule is CN1CCC(C(=O)c2cccc(NC(=O)c3cn(Cc4ccccc4)c4ccccc34)n2)CC1. The molecule has 1 amide bonds. The molecule has 1 N–H and O–H groups in total. The highest BCUT2D eigenvalue weighted by atomic mass is 16.2. The van der Waals surface area contributed by atoms with Gasteiger partial charge in [-0.25, -0.2) is 4.98 Å². The molecule has 5 rings (SSSR count). The lowest BCUT2D eigenvalue weighted by Gasteiger charge is -2.27. The van der Waals surface area contributed by atoms with E-state index in [9.17, 15) is 9.59 Å². The van der Waals surface area contributed by atoms with E-state index < -0.39 is 0 Å². The van der Waals surface area contributed by atoms with Crippen molar-refractivity contribution >= 4 is 28.4 Å². The molecule has 0 bridgehead atoms. The number of benzene rings is 2. The summed E-state index contributed by atoms with van der Waals surface area (Å²) in [6.45, 7) is 2.51. The summed E-state index contributed by atoms with van der Waals surface area (Å²) < 4.78 is 2.09. The van der Waals surface area contributed by atoms with Crippen LogP contribution in [0.2, 0.25) is 0 Å². The first-order valence-corrected chi connectivity index (χ1v) is 11.7. The molecule has 1 aliphatic rings. The van der Waals surface area contributed by atoms with Gasteiger partial charge in [0, 0.05) is 29.6 Å². The summed E-state index contributed by atoms with van der Waals surface area (Å²) in [4.78, 5) is 33.0. The minimum Gasteiger partial charge on any atom is -0.342 e. The number of hydrogen-bond acceptors (Lipinski definition) is 4. The summed E-state index contributed by atoms with van der Waals surface area (Å²) in [6, 6.07) is 23.3. The van der Waals surface area contributed by atoms with E-state index in [1.54, 1.807) is 18.2 Å². The van der Waals surface area contributed by atoms with Gasteiger partial charge in [0.05, 0.1) is 5.56 Å². The van der Waals surface area contributed by atoms with E-state index >= 15 is 0 Å². The van der Waals surface area contributed by atoms with Gasteiger partial charge in [0.2, 0.25) is 0 Å². The molecule has 0 atom stereocenters. The van der Waals surface area contributed by atoms with Crippen molar-refractivity contribution in [2.75, 3.05) is 25.5 Å². The number of ketones is 1. The Morgan fingerprint density at radius 3 is 2.47 bits per heavy atom. The van der Waals surface area contributed by atoms with Crippen molar-refractivity contribution in [2.24, 2.45) is 5.92 Å². The Hall–Kier alpha value is -3.77. The van der Waals surface area contributed by atoms with Crippen LogP contribution in [0.3, 0.4) is 0 Å². The van der Waals surface area contributed by atoms with Crippen LogP contribution >= 0.6 is 0 Å². The molecule has 0 unspecified atom stereocenters. The molecule has 6 nitrogen and oxygen atoms in total. The normalized spacial score (nSPS) is 14.9. The maximum Gasteiger partial charge on any atom is 0.258 e. The van der Waals surface area contributed by atoms with Crippen LogP contribution in [0.15, 0.2) is 79.0 Å². The molecule has 0 aliphatic carbocycles. The molecule has 6 heteroatoms. The molecular weight excluding hydrogens is 424 g/mol. The largest absolute Gasteiger partial charge is 0.342 e. The van der Waals surface area contributed by atoms with Crippen molar-refractivity contribution in [2.45, 2.75) is 19.4 Å². The fraction of sp³-hybridized carbons (Fsp3) is 0.250. The highest BCUT2D eigenvalue weighted by Gasteiger charge is 2.25. The van der Waals surface area contributed by atoms with E-state index in [-0.39, 0.29) is 17.6 Å². The molecule has 172 valence electrons. The first kappa shape index (κ1) is 22.0. The van der Waals surface area contributed by atoms with E-state index in [2.05, 4.69) is 38.9 Å². The number of fused-ring (bicyclic) bond motifs is 1. The summed E-state index contributed by atoms with van der Waals surface area (Å²) in [5, 5.41) is 3.79. The average Bonchev–Trinajstić information content (AvgIpc) is 3.23. The number of Topliss-reactive ketones (excluding diaryl/α,β-unsaturated/α-hetero) is 1. The number of rotatable bonds is 6. The Kier molecular flexibility index (Phi) is 6.23. The second-order valence-corrected chi connectivity index (χ2v) is 8.98. The number of carbonyl (C=O) groups is 2. The number of nitrogens with zero attached hydrogens (tertiary/aromatic N) is 3. The van der Waals surface area contributed by atoms with Crippen LogP contribution in [-0.2, 0) is 6.54 Å². The minimum atomic E-state index is -0.237. The number of para-hydroxylation sites is 1.